The lowest BCUT2D eigenvalue weighted by Crippen LogP contribution is -2.45. The molecule has 2 rings (SSSR count). The molecule has 0 aliphatic heterocycles. The summed E-state index contributed by atoms with van der Waals surface area (Å²) in [6.45, 7) is 3.93. The molecule has 0 spiro atoms. The molecule has 4 nitrogen and oxygen atoms in total. The summed E-state index contributed by atoms with van der Waals surface area (Å²) in [6, 6.07) is 12.4. The monoisotopic (exact) mass is 313 g/mol. The van der Waals surface area contributed by atoms with Crippen LogP contribution in [-0.2, 0) is 4.79 Å². The number of rotatable bonds is 7. The summed E-state index contributed by atoms with van der Waals surface area (Å²) >= 11 is 0. The highest BCUT2D eigenvalue weighted by molar-refractivity contribution is 5.94. The molecule has 0 bridgehead atoms. The lowest BCUT2D eigenvalue weighted by Gasteiger charge is -2.34. The Morgan fingerprint density at radius 2 is 1.91 bits per heavy atom. The minimum atomic E-state index is 0.0962. The van der Waals surface area contributed by atoms with E-state index in [1.807, 2.05) is 30.3 Å². The number of amides is 1. The summed E-state index contributed by atoms with van der Waals surface area (Å²) in [6.07, 6.45) is 6.62. The molecule has 0 unspecified atom stereocenters. The van der Waals surface area contributed by atoms with Crippen molar-refractivity contribution in [3.63, 3.8) is 0 Å². The van der Waals surface area contributed by atoms with Crippen molar-refractivity contribution in [2.75, 3.05) is 24.5 Å². The van der Waals surface area contributed by atoms with Crippen molar-refractivity contribution in [1.29, 1.82) is 5.26 Å². The average molecular weight is 313 g/mol. The van der Waals surface area contributed by atoms with Crippen molar-refractivity contribution in [2.45, 2.75) is 51.5 Å². The summed E-state index contributed by atoms with van der Waals surface area (Å²) in [5.74, 6) is 0.0962. The van der Waals surface area contributed by atoms with E-state index >= 15 is 0 Å². The highest BCUT2D eigenvalue weighted by Gasteiger charge is 2.24. The molecule has 0 saturated heterocycles. The first-order chi connectivity index (χ1) is 11.3. The van der Waals surface area contributed by atoms with E-state index in [9.17, 15) is 4.79 Å². The number of likely N-dealkylation sites (N-methyl/N-ethyl adjacent to an activating group) is 1. The molecule has 0 radical (unpaired) electrons. The van der Waals surface area contributed by atoms with Crippen molar-refractivity contribution in [3.8, 4) is 6.07 Å². The molecule has 1 saturated carbocycles. The van der Waals surface area contributed by atoms with Crippen LogP contribution >= 0.6 is 0 Å². The van der Waals surface area contributed by atoms with Gasteiger partial charge in [0.1, 0.15) is 0 Å². The first kappa shape index (κ1) is 17.5. The number of nitriles is 1. The SMILES string of the molecule is CCN(CC(=O)N(CCC#N)c1ccccc1)C1CCCCC1. The van der Waals surface area contributed by atoms with Crippen molar-refractivity contribution in [2.24, 2.45) is 0 Å². The fourth-order valence-corrected chi connectivity index (χ4v) is 3.37. The molecule has 1 fully saturated rings. The van der Waals surface area contributed by atoms with Crippen LogP contribution in [0.5, 0.6) is 0 Å². The van der Waals surface area contributed by atoms with Gasteiger partial charge in [-0.25, -0.2) is 0 Å². The van der Waals surface area contributed by atoms with Crippen LogP contribution in [0.4, 0.5) is 5.69 Å². The zero-order valence-corrected chi connectivity index (χ0v) is 14.1. The van der Waals surface area contributed by atoms with E-state index < -0.39 is 0 Å². The van der Waals surface area contributed by atoms with Crippen molar-refractivity contribution in [1.82, 2.24) is 4.90 Å². The Kier molecular flexibility index (Phi) is 7.09. The number of anilines is 1. The van der Waals surface area contributed by atoms with Crippen LogP contribution in [0.1, 0.15) is 45.4 Å². The maximum absolute atomic E-state index is 12.8. The number of carbonyl (C=O) groups is 1. The average Bonchev–Trinajstić information content (AvgIpc) is 2.61. The third kappa shape index (κ3) is 5.07. The predicted octanol–water partition coefficient (Wildman–Crippen LogP) is 3.59. The lowest BCUT2D eigenvalue weighted by molar-refractivity contribution is -0.120. The van der Waals surface area contributed by atoms with Crippen molar-refractivity contribution >= 4 is 11.6 Å². The lowest BCUT2D eigenvalue weighted by atomic mass is 9.94. The molecule has 0 heterocycles. The predicted molar refractivity (Wildman–Crippen MR) is 93.1 cm³/mol. The van der Waals surface area contributed by atoms with E-state index in [4.69, 9.17) is 5.26 Å². The summed E-state index contributed by atoms with van der Waals surface area (Å²) in [7, 11) is 0. The Labute approximate surface area is 139 Å². The van der Waals surface area contributed by atoms with E-state index in [-0.39, 0.29) is 5.91 Å². The molecule has 0 aromatic heterocycles. The molecule has 1 aromatic rings. The van der Waals surface area contributed by atoms with Gasteiger partial charge < -0.3 is 4.90 Å². The first-order valence-corrected chi connectivity index (χ1v) is 8.72. The first-order valence-electron chi connectivity index (χ1n) is 8.72. The van der Waals surface area contributed by atoms with Gasteiger partial charge in [0.25, 0.3) is 0 Å². The van der Waals surface area contributed by atoms with Gasteiger partial charge in [0.2, 0.25) is 5.91 Å². The quantitative estimate of drug-likeness (QED) is 0.773. The van der Waals surface area contributed by atoms with E-state index in [2.05, 4.69) is 17.9 Å². The molecule has 4 heteroatoms. The van der Waals surface area contributed by atoms with Crippen LogP contribution in [0.2, 0.25) is 0 Å². The second-order valence-electron chi connectivity index (χ2n) is 6.14. The molecule has 0 N–H and O–H groups in total. The maximum atomic E-state index is 12.8. The summed E-state index contributed by atoms with van der Waals surface area (Å²) in [4.78, 5) is 16.9. The maximum Gasteiger partial charge on any atom is 0.241 e. The fourth-order valence-electron chi connectivity index (χ4n) is 3.37. The Balaban J connectivity index is 2.05. The van der Waals surface area contributed by atoms with E-state index in [0.29, 0.717) is 25.6 Å². The molecule has 1 aliphatic carbocycles. The zero-order chi connectivity index (χ0) is 16.5. The highest BCUT2D eigenvalue weighted by Crippen LogP contribution is 2.23. The third-order valence-corrected chi connectivity index (χ3v) is 4.65. The summed E-state index contributed by atoms with van der Waals surface area (Å²) in [5.41, 5.74) is 0.882. The number of hydrogen-bond acceptors (Lipinski definition) is 3. The zero-order valence-electron chi connectivity index (χ0n) is 14.1. The molecule has 1 aliphatic rings. The van der Waals surface area contributed by atoms with Crippen molar-refractivity contribution in [3.05, 3.63) is 30.3 Å². The Hall–Kier alpha value is -1.86. The number of hydrogen-bond donors (Lipinski definition) is 0. The van der Waals surface area contributed by atoms with Crippen LogP contribution in [0.15, 0.2) is 30.3 Å². The fraction of sp³-hybridized carbons (Fsp3) is 0.579. The molecular formula is C19H27N3O. The number of carbonyl (C=O) groups excluding carboxylic acids is 1. The van der Waals surface area contributed by atoms with Gasteiger partial charge in [-0.05, 0) is 31.5 Å². The van der Waals surface area contributed by atoms with E-state index in [1.54, 1.807) is 4.90 Å². The van der Waals surface area contributed by atoms with Crippen LogP contribution in [-0.4, -0.2) is 36.5 Å². The van der Waals surface area contributed by atoms with Gasteiger partial charge >= 0.3 is 0 Å². The van der Waals surface area contributed by atoms with Crippen LogP contribution in [0.3, 0.4) is 0 Å². The Bertz CT molecular complexity index is 517. The minimum absolute atomic E-state index is 0.0962. The van der Waals surface area contributed by atoms with Crippen LogP contribution in [0, 0.1) is 11.3 Å². The second kappa shape index (κ2) is 9.32. The van der Waals surface area contributed by atoms with Gasteiger partial charge in [-0.1, -0.05) is 44.4 Å². The topological polar surface area (TPSA) is 47.3 Å². The Morgan fingerprint density at radius 1 is 1.22 bits per heavy atom. The summed E-state index contributed by atoms with van der Waals surface area (Å²) in [5, 5.41) is 8.88. The van der Waals surface area contributed by atoms with Gasteiger partial charge in [-0.3, -0.25) is 9.69 Å². The highest BCUT2D eigenvalue weighted by atomic mass is 16.2. The Morgan fingerprint density at radius 3 is 2.52 bits per heavy atom. The van der Waals surface area contributed by atoms with Gasteiger partial charge in [-0.15, -0.1) is 0 Å². The smallest absolute Gasteiger partial charge is 0.241 e. The molecule has 23 heavy (non-hydrogen) atoms. The second-order valence-corrected chi connectivity index (χ2v) is 6.14. The number of benzene rings is 1. The summed E-state index contributed by atoms with van der Waals surface area (Å²) < 4.78 is 0. The van der Waals surface area contributed by atoms with Gasteiger partial charge in [0.15, 0.2) is 0 Å². The minimum Gasteiger partial charge on any atom is -0.310 e. The van der Waals surface area contributed by atoms with Crippen molar-refractivity contribution < 1.29 is 4.79 Å². The molecule has 0 atom stereocenters. The molecular weight excluding hydrogens is 286 g/mol. The van der Waals surface area contributed by atoms with Gasteiger partial charge in [-0.2, -0.15) is 5.26 Å². The number of para-hydroxylation sites is 1. The van der Waals surface area contributed by atoms with Crippen LogP contribution in [0.25, 0.3) is 0 Å². The molecule has 1 aromatic carbocycles. The van der Waals surface area contributed by atoms with Gasteiger partial charge in [0, 0.05) is 18.3 Å². The van der Waals surface area contributed by atoms with Gasteiger partial charge in [0.05, 0.1) is 19.0 Å². The third-order valence-electron chi connectivity index (χ3n) is 4.65. The standard InChI is InChI=1S/C19H27N3O/c1-2-21(17-10-5-3-6-11-17)16-19(23)22(15-9-14-20)18-12-7-4-8-13-18/h4,7-8,12-13,17H,2-3,5-6,9-11,15-16H2,1H3. The molecule has 124 valence electrons. The van der Waals surface area contributed by atoms with E-state index in [0.717, 1.165) is 12.2 Å². The largest absolute Gasteiger partial charge is 0.310 e. The number of nitrogens with zero attached hydrogens (tertiary/aromatic N) is 3. The van der Waals surface area contributed by atoms with E-state index in [1.165, 1.54) is 32.1 Å². The molecule has 1 amide bonds. The van der Waals surface area contributed by atoms with Crippen LogP contribution < -0.4 is 4.90 Å². The normalized spacial score (nSPS) is 15.3.